The van der Waals surface area contributed by atoms with Crippen LogP contribution in [0.1, 0.15) is 44.1 Å². The van der Waals surface area contributed by atoms with Crippen LogP contribution in [0.4, 0.5) is 0 Å². The molecule has 1 aliphatic carbocycles. The summed E-state index contributed by atoms with van der Waals surface area (Å²) in [6.45, 7) is 1.19. The van der Waals surface area contributed by atoms with Gasteiger partial charge in [0.2, 0.25) is 10.0 Å². The lowest BCUT2D eigenvalue weighted by atomic mass is 9.97. The number of rotatable bonds is 5. The zero-order chi connectivity index (χ0) is 15.4. The largest absolute Gasteiger partial charge is 0.493 e. The molecule has 0 aromatic heterocycles. The van der Waals surface area contributed by atoms with Crippen molar-refractivity contribution < 1.29 is 13.2 Å². The molecule has 2 aliphatic rings. The number of hydrogen-bond donors (Lipinski definition) is 1. The Labute approximate surface area is 132 Å². The van der Waals surface area contributed by atoms with E-state index in [9.17, 15) is 8.42 Å². The topological polar surface area (TPSA) is 55.4 Å². The predicted octanol–water partition coefficient (Wildman–Crippen LogP) is 3.18. The Kier molecular flexibility index (Phi) is 4.84. The molecule has 4 nitrogen and oxygen atoms in total. The maximum atomic E-state index is 12.4. The first-order valence-corrected chi connectivity index (χ1v) is 9.57. The zero-order valence-electron chi connectivity index (χ0n) is 12.8. The number of hydrogen-bond acceptors (Lipinski definition) is 3. The molecule has 5 heteroatoms. The normalized spacial score (nSPS) is 18.3. The molecule has 1 aliphatic heterocycles. The summed E-state index contributed by atoms with van der Waals surface area (Å²) < 4.78 is 33.0. The molecule has 1 heterocycles. The number of aryl methyl sites for hydroxylation is 1. The van der Waals surface area contributed by atoms with Gasteiger partial charge in [-0.25, -0.2) is 13.1 Å². The number of fused-ring (bicyclic) bond motifs is 1. The van der Waals surface area contributed by atoms with E-state index in [0.29, 0.717) is 18.0 Å². The summed E-state index contributed by atoms with van der Waals surface area (Å²) in [7, 11) is -3.43. The Morgan fingerprint density at radius 1 is 1.14 bits per heavy atom. The van der Waals surface area contributed by atoms with Gasteiger partial charge >= 0.3 is 0 Å². The molecule has 0 unspecified atom stereocenters. The van der Waals surface area contributed by atoms with Crippen LogP contribution in [-0.2, 0) is 16.4 Å². The van der Waals surface area contributed by atoms with Crippen molar-refractivity contribution in [3.63, 3.8) is 0 Å². The van der Waals surface area contributed by atoms with Crippen LogP contribution in [-0.4, -0.2) is 21.6 Å². The third-order valence-corrected chi connectivity index (χ3v) is 5.77. The van der Waals surface area contributed by atoms with Gasteiger partial charge in [-0.05, 0) is 68.7 Å². The van der Waals surface area contributed by atoms with E-state index in [1.165, 1.54) is 18.4 Å². The fourth-order valence-electron chi connectivity index (χ4n) is 3.06. The Balaban J connectivity index is 1.63. The van der Waals surface area contributed by atoms with E-state index >= 15 is 0 Å². The van der Waals surface area contributed by atoms with Crippen molar-refractivity contribution in [3.8, 4) is 5.75 Å². The molecule has 1 N–H and O–H groups in total. The fraction of sp³-hybridized carbons (Fsp3) is 0.529. The third-order valence-electron chi connectivity index (χ3n) is 4.31. The van der Waals surface area contributed by atoms with Crippen LogP contribution in [0, 0.1) is 0 Å². The smallest absolute Gasteiger partial charge is 0.240 e. The molecule has 22 heavy (non-hydrogen) atoms. The first kappa shape index (κ1) is 15.6. The summed E-state index contributed by atoms with van der Waals surface area (Å²) in [5.74, 6) is 0.817. The highest BCUT2D eigenvalue weighted by molar-refractivity contribution is 7.89. The highest BCUT2D eigenvalue weighted by Gasteiger charge is 2.18. The monoisotopic (exact) mass is 321 g/mol. The first-order chi connectivity index (χ1) is 10.6. The van der Waals surface area contributed by atoms with Crippen molar-refractivity contribution in [2.24, 2.45) is 0 Å². The minimum Gasteiger partial charge on any atom is -0.493 e. The van der Waals surface area contributed by atoms with Gasteiger partial charge in [-0.3, -0.25) is 0 Å². The van der Waals surface area contributed by atoms with Crippen LogP contribution < -0.4 is 9.46 Å². The maximum absolute atomic E-state index is 12.4. The lowest BCUT2D eigenvalue weighted by Crippen LogP contribution is -2.25. The molecule has 3 rings (SSSR count). The summed E-state index contributed by atoms with van der Waals surface area (Å²) in [5, 5.41) is 0. The lowest BCUT2D eigenvalue weighted by Gasteiger charge is -2.18. The molecular weight excluding hydrogens is 298 g/mol. The summed E-state index contributed by atoms with van der Waals surface area (Å²) in [5.41, 5.74) is 2.37. The average molecular weight is 321 g/mol. The summed E-state index contributed by atoms with van der Waals surface area (Å²) >= 11 is 0. The van der Waals surface area contributed by atoms with E-state index in [1.54, 1.807) is 18.2 Å². The molecule has 0 radical (unpaired) electrons. The molecule has 120 valence electrons. The molecule has 1 aromatic carbocycles. The van der Waals surface area contributed by atoms with Crippen LogP contribution in [0.5, 0.6) is 5.75 Å². The van der Waals surface area contributed by atoms with Gasteiger partial charge in [0.1, 0.15) is 5.75 Å². The zero-order valence-corrected chi connectivity index (χ0v) is 13.6. The SMILES string of the molecule is O=S(=O)(NCCC1=CCCCC1)c1ccc2c(c1)CCCO2. The average Bonchev–Trinajstić information content (AvgIpc) is 2.55. The number of allylic oxidation sites excluding steroid dienone is 1. The van der Waals surface area contributed by atoms with Gasteiger partial charge in [0.05, 0.1) is 11.5 Å². The van der Waals surface area contributed by atoms with Crippen molar-refractivity contribution >= 4 is 10.0 Å². The van der Waals surface area contributed by atoms with Crippen molar-refractivity contribution in [2.45, 2.75) is 49.8 Å². The molecule has 0 atom stereocenters. The van der Waals surface area contributed by atoms with Gasteiger partial charge in [-0.1, -0.05) is 11.6 Å². The predicted molar refractivity (Wildman–Crippen MR) is 86.6 cm³/mol. The van der Waals surface area contributed by atoms with E-state index in [1.807, 2.05) is 0 Å². The number of benzene rings is 1. The van der Waals surface area contributed by atoms with Gasteiger partial charge in [0.25, 0.3) is 0 Å². The van der Waals surface area contributed by atoms with Crippen LogP contribution in [0.2, 0.25) is 0 Å². The molecule has 1 aromatic rings. The summed E-state index contributed by atoms with van der Waals surface area (Å²) in [6.07, 6.45) is 9.62. The number of ether oxygens (including phenoxy) is 1. The minimum absolute atomic E-state index is 0.342. The molecule has 0 saturated heterocycles. The number of sulfonamides is 1. The molecule has 0 amide bonds. The molecule has 0 spiro atoms. The van der Waals surface area contributed by atoms with E-state index in [4.69, 9.17) is 4.74 Å². The summed E-state index contributed by atoms with van der Waals surface area (Å²) in [4.78, 5) is 0.342. The van der Waals surface area contributed by atoms with Crippen LogP contribution in [0.3, 0.4) is 0 Å². The second-order valence-corrected chi connectivity index (χ2v) is 7.74. The van der Waals surface area contributed by atoms with Gasteiger partial charge in [-0.2, -0.15) is 0 Å². The Bertz CT molecular complexity index is 664. The van der Waals surface area contributed by atoms with Gasteiger partial charge in [0, 0.05) is 6.54 Å². The third kappa shape index (κ3) is 3.70. The van der Waals surface area contributed by atoms with Gasteiger partial charge in [-0.15, -0.1) is 0 Å². The summed E-state index contributed by atoms with van der Waals surface area (Å²) in [6, 6.07) is 5.15. The quantitative estimate of drug-likeness (QED) is 0.848. The van der Waals surface area contributed by atoms with Gasteiger partial charge < -0.3 is 4.74 Å². The van der Waals surface area contributed by atoms with E-state index in [0.717, 1.165) is 43.4 Å². The Hall–Kier alpha value is -1.33. The molecule has 0 bridgehead atoms. The molecule has 0 fully saturated rings. The van der Waals surface area contributed by atoms with Gasteiger partial charge in [0.15, 0.2) is 0 Å². The first-order valence-electron chi connectivity index (χ1n) is 8.08. The lowest BCUT2D eigenvalue weighted by molar-refractivity contribution is 0.288. The molecular formula is C17H23NO3S. The van der Waals surface area contributed by atoms with Crippen molar-refractivity contribution in [1.82, 2.24) is 4.72 Å². The van der Waals surface area contributed by atoms with Crippen molar-refractivity contribution in [2.75, 3.05) is 13.2 Å². The Morgan fingerprint density at radius 2 is 2.05 bits per heavy atom. The highest BCUT2D eigenvalue weighted by atomic mass is 32.2. The number of nitrogens with one attached hydrogen (secondary N) is 1. The Morgan fingerprint density at radius 3 is 2.86 bits per heavy atom. The van der Waals surface area contributed by atoms with Crippen LogP contribution >= 0.6 is 0 Å². The van der Waals surface area contributed by atoms with Crippen molar-refractivity contribution in [1.29, 1.82) is 0 Å². The molecule has 0 saturated carbocycles. The van der Waals surface area contributed by atoms with E-state index in [-0.39, 0.29) is 0 Å². The van der Waals surface area contributed by atoms with Crippen LogP contribution in [0.15, 0.2) is 34.7 Å². The second-order valence-electron chi connectivity index (χ2n) is 5.98. The second kappa shape index (κ2) is 6.84. The standard InChI is InChI=1S/C17H23NO3S/c19-22(20,18-11-10-14-5-2-1-3-6-14)16-8-9-17-15(13-16)7-4-12-21-17/h5,8-9,13,18H,1-4,6-7,10-12H2. The van der Waals surface area contributed by atoms with E-state index in [2.05, 4.69) is 10.8 Å². The minimum atomic E-state index is -3.43. The van der Waals surface area contributed by atoms with Crippen LogP contribution in [0.25, 0.3) is 0 Å². The van der Waals surface area contributed by atoms with Crippen molar-refractivity contribution in [3.05, 3.63) is 35.4 Å². The van der Waals surface area contributed by atoms with E-state index < -0.39 is 10.0 Å². The highest BCUT2D eigenvalue weighted by Crippen LogP contribution is 2.27. The maximum Gasteiger partial charge on any atom is 0.240 e. The fourth-order valence-corrected chi connectivity index (χ4v) is 4.15.